The number of pyridine rings is 1. The van der Waals surface area contributed by atoms with Gasteiger partial charge >= 0.3 is 0 Å². The summed E-state index contributed by atoms with van der Waals surface area (Å²) in [6.45, 7) is 0.231. The Bertz CT molecular complexity index is 513. The molecule has 5 heteroatoms. The van der Waals surface area contributed by atoms with Gasteiger partial charge in [0.1, 0.15) is 6.54 Å². The molecule has 0 fully saturated rings. The molecule has 2 rings (SSSR count). The zero-order valence-corrected chi connectivity index (χ0v) is 9.22. The fraction of sp³-hybridized carbons (Fsp3) is 0.182. The Hall–Kier alpha value is -1.86. The van der Waals surface area contributed by atoms with Gasteiger partial charge in [0, 0.05) is 29.7 Å². The van der Waals surface area contributed by atoms with Gasteiger partial charge in [-0.1, -0.05) is 0 Å². The second-order valence-electron chi connectivity index (χ2n) is 3.23. The molecule has 80 valence electrons. The van der Waals surface area contributed by atoms with Crippen molar-refractivity contribution < 1.29 is 0 Å². The molecule has 0 aromatic carbocycles. The van der Waals surface area contributed by atoms with Crippen molar-refractivity contribution >= 4 is 11.6 Å². The number of alkyl halides is 1. The second-order valence-corrected chi connectivity index (χ2v) is 3.50. The second kappa shape index (κ2) is 4.77. The number of aromatic nitrogens is 3. The fourth-order valence-electron chi connectivity index (χ4n) is 1.47. The highest BCUT2D eigenvalue weighted by atomic mass is 35.5. The molecule has 2 aromatic rings. The lowest BCUT2D eigenvalue weighted by Crippen LogP contribution is -1.95. The largest absolute Gasteiger partial charge is 0.265 e. The summed E-state index contributed by atoms with van der Waals surface area (Å²) in [5.41, 5.74) is 2.69. The Morgan fingerprint density at radius 3 is 2.75 bits per heavy atom. The minimum atomic E-state index is 0.231. The summed E-state index contributed by atoms with van der Waals surface area (Å²) in [4.78, 5) is 3.95. The molecule has 0 amide bonds. The average Bonchev–Trinajstić information content (AvgIpc) is 2.74. The highest BCUT2D eigenvalue weighted by molar-refractivity contribution is 6.17. The standard InChI is InChI=1S/C11H9ClN4/c12-7-10-8-16(6-3-13)15-11(10)9-1-4-14-5-2-9/h1-2,4-5,8H,6-7H2. The van der Waals surface area contributed by atoms with Crippen molar-refractivity contribution in [3.05, 3.63) is 36.3 Å². The Labute approximate surface area is 98.1 Å². The van der Waals surface area contributed by atoms with Crippen LogP contribution < -0.4 is 0 Å². The van der Waals surface area contributed by atoms with E-state index in [0.29, 0.717) is 5.88 Å². The Morgan fingerprint density at radius 1 is 1.38 bits per heavy atom. The number of nitriles is 1. The third kappa shape index (κ3) is 2.05. The topological polar surface area (TPSA) is 54.5 Å². The summed E-state index contributed by atoms with van der Waals surface area (Å²) in [5.74, 6) is 0.378. The molecule has 2 aromatic heterocycles. The normalized spacial score (nSPS) is 10.0. The quantitative estimate of drug-likeness (QED) is 0.763. The average molecular weight is 233 g/mol. The number of hydrogen-bond donors (Lipinski definition) is 0. The van der Waals surface area contributed by atoms with Gasteiger partial charge in [0.15, 0.2) is 0 Å². The lowest BCUT2D eigenvalue weighted by atomic mass is 10.1. The molecule has 0 aliphatic rings. The van der Waals surface area contributed by atoms with Crippen molar-refractivity contribution in [2.24, 2.45) is 0 Å². The summed E-state index contributed by atoms with van der Waals surface area (Å²) in [6.07, 6.45) is 5.21. The van der Waals surface area contributed by atoms with Crippen LogP contribution in [0.4, 0.5) is 0 Å². The van der Waals surface area contributed by atoms with Crippen LogP contribution >= 0.6 is 11.6 Å². The van der Waals surface area contributed by atoms with Gasteiger partial charge in [0.05, 0.1) is 17.6 Å². The summed E-state index contributed by atoms with van der Waals surface area (Å²) in [6, 6.07) is 5.79. The summed E-state index contributed by atoms with van der Waals surface area (Å²) < 4.78 is 1.59. The summed E-state index contributed by atoms with van der Waals surface area (Å²) >= 11 is 5.84. The van der Waals surface area contributed by atoms with Crippen LogP contribution in [0, 0.1) is 11.3 Å². The van der Waals surface area contributed by atoms with Crippen LogP contribution in [0.3, 0.4) is 0 Å². The van der Waals surface area contributed by atoms with E-state index < -0.39 is 0 Å². The van der Waals surface area contributed by atoms with Gasteiger partial charge < -0.3 is 0 Å². The zero-order chi connectivity index (χ0) is 11.4. The summed E-state index contributed by atoms with van der Waals surface area (Å²) in [7, 11) is 0. The minimum Gasteiger partial charge on any atom is -0.265 e. The van der Waals surface area contributed by atoms with Crippen molar-refractivity contribution in [2.45, 2.75) is 12.4 Å². The number of halogens is 1. The molecule has 0 saturated heterocycles. The van der Waals surface area contributed by atoms with Gasteiger partial charge in [-0.3, -0.25) is 9.67 Å². The molecular formula is C11H9ClN4. The maximum Gasteiger partial charge on any atom is 0.128 e. The highest BCUT2D eigenvalue weighted by Crippen LogP contribution is 2.22. The van der Waals surface area contributed by atoms with E-state index in [-0.39, 0.29) is 6.54 Å². The van der Waals surface area contributed by atoms with E-state index in [1.54, 1.807) is 23.3 Å². The van der Waals surface area contributed by atoms with Crippen molar-refractivity contribution in [3.63, 3.8) is 0 Å². The van der Waals surface area contributed by atoms with Crippen LogP contribution in [-0.4, -0.2) is 14.8 Å². The van der Waals surface area contributed by atoms with Crippen LogP contribution in [-0.2, 0) is 12.4 Å². The molecule has 0 aliphatic heterocycles. The van der Waals surface area contributed by atoms with Gasteiger partial charge in [0.2, 0.25) is 0 Å². The third-order valence-electron chi connectivity index (χ3n) is 2.17. The Balaban J connectivity index is 2.44. The van der Waals surface area contributed by atoms with E-state index >= 15 is 0 Å². The van der Waals surface area contributed by atoms with Gasteiger partial charge in [0.25, 0.3) is 0 Å². The van der Waals surface area contributed by atoms with Gasteiger partial charge in [-0.2, -0.15) is 10.4 Å². The third-order valence-corrected chi connectivity index (χ3v) is 2.46. The summed E-state index contributed by atoms with van der Waals surface area (Å²) in [5, 5.41) is 12.9. The molecule has 0 N–H and O–H groups in total. The Kier molecular flexibility index (Phi) is 3.18. The predicted molar refractivity (Wildman–Crippen MR) is 60.6 cm³/mol. The maximum absolute atomic E-state index is 8.61. The van der Waals surface area contributed by atoms with Crippen LogP contribution in [0.15, 0.2) is 30.7 Å². The molecule has 0 aliphatic carbocycles. The first-order valence-corrected chi connectivity index (χ1v) is 5.28. The molecule has 2 heterocycles. The molecule has 0 radical (unpaired) electrons. The van der Waals surface area contributed by atoms with E-state index in [9.17, 15) is 0 Å². The van der Waals surface area contributed by atoms with Crippen molar-refractivity contribution in [1.82, 2.24) is 14.8 Å². The van der Waals surface area contributed by atoms with E-state index in [1.165, 1.54) is 0 Å². The van der Waals surface area contributed by atoms with Gasteiger partial charge in [-0.25, -0.2) is 0 Å². The first-order chi connectivity index (χ1) is 7.85. The fourth-order valence-corrected chi connectivity index (χ4v) is 1.66. The highest BCUT2D eigenvalue weighted by Gasteiger charge is 2.09. The SMILES string of the molecule is N#CCn1cc(CCl)c(-c2ccncc2)n1. The van der Waals surface area contributed by atoms with E-state index in [1.807, 2.05) is 18.2 Å². The molecule has 0 bridgehead atoms. The smallest absolute Gasteiger partial charge is 0.128 e. The van der Waals surface area contributed by atoms with Gasteiger partial charge in [-0.15, -0.1) is 11.6 Å². The molecule has 0 saturated carbocycles. The minimum absolute atomic E-state index is 0.231. The molecule has 4 nitrogen and oxygen atoms in total. The lowest BCUT2D eigenvalue weighted by Gasteiger charge is -1.97. The van der Waals surface area contributed by atoms with Crippen LogP contribution in [0.5, 0.6) is 0 Å². The first-order valence-electron chi connectivity index (χ1n) is 4.75. The maximum atomic E-state index is 8.61. The van der Waals surface area contributed by atoms with Crippen molar-refractivity contribution in [1.29, 1.82) is 5.26 Å². The number of hydrogen-bond acceptors (Lipinski definition) is 3. The molecule has 0 atom stereocenters. The van der Waals surface area contributed by atoms with Crippen LogP contribution in [0.1, 0.15) is 5.56 Å². The predicted octanol–water partition coefficient (Wildman–Crippen LogP) is 2.21. The number of rotatable bonds is 3. The molecule has 0 unspecified atom stereocenters. The first kappa shape index (κ1) is 10.7. The Morgan fingerprint density at radius 2 is 2.12 bits per heavy atom. The van der Waals surface area contributed by atoms with E-state index in [4.69, 9.17) is 16.9 Å². The van der Waals surface area contributed by atoms with Crippen molar-refractivity contribution in [2.75, 3.05) is 0 Å². The molecule has 0 spiro atoms. The van der Waals surface area contributed by atoms with Crippen LogP contribution in [0.25, 0.3) is 11.3 Å². The molecular weight excluding hydrogens is 224 g/mol. The van der Waals surface area contributed by atoms with Crippen molar-refractivity contribution in [3.8, 4) is 17.3 Å². The van der Waals surface area contributed by atoms with Gasteiger partial charge in [-0.05, 0) is 12.1 Å². The van der Waals surface area contributed by atoms with E-state index in [0.717, 1.165) is 16.8 Å². The number of nitrogens with zero attached hydrogens (tertiary/aromatic N) is 4. The zero-order valence-electron chi connectivity index (χ0n) is 8.47. The molecule has 16 heavy (non-hydrogen) atoms. The lowest BCUT2D eigenvalue weighted by molar-refractivity contribution is 0.712. The van der Waals surface area contributed by atoms with Crippen LogP contribution in [0.2, 0.25) is 0 Å². The monoisotopic (exact) mass is 232 g/mol. The van der Waals surface area contributed by atoms with E-state index in [2.05, 4.69) is 10.1 Å².